The summed E-state index contributed by atoms with van der Waals surface area (Å²) in [6.07, 6.45) is 0. The van der Waals surface area contributed by atoms with Crippen LogP contribution in [0.4, 0.5) is 0 Å². The van der Waals surface area contributed by atoms with Gasteiger partial charge in [0.25, 0.3) is 0 Å². The van der Waals surface area contributed by atoms with Gasteiger partial charge in [0.15, 0.2) is 0 Å². The van der Waals surface area contributed by atoms with E-state index in [9.17, 15) is 16.8 Å². The molecule has 0 aliphatic heterocycles. The maximum atomic E-state index is 11.6. The number of hydrogen-bond acceptors (Lipinski definition) is 4. The molecule has 0 aromatic carbocycles. The van der Waals surface area contributed by atoms with Gasteiger partial charge in [0.2, 0.25) is 0 Å². The Morgan fingerprint density at radius 1 is 0.857 bits per heavy atom. The molecular formula is C6H16N2O4S2. The summed E-state index contributed by atoms with van der Waals surface area (Å²) in [7, 11) is -6.16. The molecule has 0 aromatic heterocycles. The van der Waals surface area contributed by atoms with Gasteiger partial charge in [0.1, 0.15) is 0 Å². The minimum Gasteiger partial charge on any atom is -0.194 e. The molecule has 8 heteroatoms. The first-order valence-corrected chi connectivity index (χ1v) is 7.54. The average Bonchev–Trinajstić information content (AvgIpc) is 2.05. The average molecular weight is 244 g/mol. The highest BCUT2D eigenvalue weighted by Crippen LogP contribution is 2.12. The minimum atomic E-state index is -4.27. The van der Waals surface area contributed by atoms with Crippen molar-refractivity contribution in [3.05, 3.63) is 0 Å². The Hall–Kier alpha value is -0.180. The largest absolute Gasteiger partial charge is 0.333 e. The van der Waals surface area contributed by atoms with Gasteiger partial charge in [-0.05, 0) is 0 Å². The molecule has 0 rings (SSSR count). The maximum Gasteiger partial charge on any atom is 0.333 e. The molecule has 0 radical (unpaired) electrons. The Morgan fingerprint density at radius 3 is 1.43 bits per heavy atom. The predicted octanol–water partition coefficient (Wildman–Crippen LogP) is -0.536. The van der Waals surface area contributed by atoms with E-state index in [0.29, 0.717) is 4.31 Å². The fourth-order valence-corrected chi connectivity index (χ4v) is 4.70. The standard InChI is InChI=1S/C6H16N2O4S2/c1-5-8(6-2)14(11,12)13(9,10)7(3)4/h5-6H2,1-4H3. The molecule has 0 aliphatic carbocycles. The molecule has 0 fully saturated rings. The topological polar surface area (TPSA) is 74.8 Å². The molecule has 0 aromatic rings. The normalized spacial score (nSPS) is 13.9. The third kappa shape index (κ3) is 2.25. The zero-order chi connectivity index (χ0) is 11.6. The van der Waals surface area contributed by atoms with E-state index in [1.165, 1.54) is 14.1 Å². The Balaban J connectivity index is 5.38. The Morgan fingerprint density at radius 2 is 1.21 bits per heavy atom. The van der Waals surface area contributed by atoms with Crippen LogP contribution >= 0.6 is 0 Å². The van der Waals surface area contributed by atoms with Gasteiger partial charge in [0, 0.05) is 27.2 Å². The van der Waals surface area contributed by atoms with Crippen LogP contribution in [0.1, 0.15) is 13.8 Å². The van der Waals surface area contributed by atoms with Crippen molar-refractivity contribution < 1.29 is 16.8 Å². The summed E-state index contributed by atoms with van der Waals surface area (Å²) >= 11 is 0. The molecule has 6 nitrogen and oxygen atoms in total. The van der Waals surface area contributed by atoms with Crippen LogP contribution in [0, 0.1) is 0 Å². The summed E-state index contributed by atoms with van der Waals surface area (Å²) in [5.41, 5.74) is 0. The van der Waals surface area contributed by atoms with Gasteiger partial charge in [-0.25, -0.2) is 0 Å². The third-order valence-electron chi connectivity index (χ3n) is 1.74. The van der Waals surface area contributed by atoms with E-state index in [1.54, 1.807) is 13.8 Å². The van der Waals surface area contributed by atoms with Gasteiger partial charge in [-0.1, -0.05) is 13.8 Å². The Bertz CT molecular complexity index is 367. The lowest BCUT2D eigenvalue weighted by Crippen LogP contribution is -2.41. The third-order valence-corrected chi connectivity index (χ3v) is 7.43. The molecule has 0 N–H and O–H groups in total. The second-order valence-electron chi connectivity index (χ2n) is 2.78. The molecular weight excluding hydrogens is 228 g/mol. The first-order valence-electron chi connectivity index (χ1n) is 4.14. The van der Waals surface area contributed by atoms with Crippen LogP contribution in [0.2, 0.25) is 0 Å². The van der Waals surface area contributed by atoms with Gasteiger partial charge in [0.05, 0.1) is 0 Å². The van der Waals surface area contributed by atoms with Crippen molar-refractivity contribution in [3.8, 4) is 0 Å². The molecule has 0 amide bonds. The summed E-state index contributed by atoms with van der Waals surface area (Å²) in [5, 5.41) is 0. The van der Waals surface area contributed by atoms with E-state index in [-0.39, 0.29) is 13.1 Å². The van der Waals surface area contributed by atoms with Crippen molar-refractivity contribution in [2.75, 3.05) is 27.2 Å². The minimum absolute atomic E-state index is 0.145. The predicted molar refractivity (Wildman–Crippen MR) is 54.4 cm³/mol. The molecule has 0 heterocycles. The summed E-state index contributed by atoms with van der Waals surface area (Å²) in [6.45, 7) is 3.47. The highest BCUT2D eigenvalue weighted by atomic mass is 33.2. The van der Waals surface area contributed by atoms with Crippen LogP contribution in [-0.2, 0) is 18.1 Å². The smallest absolute Gasteiger partial charge is 0.194 e. The van der Waals surface area contributed by atoms with E-state index >= 15 is 0 Å². The second kappa shape index (κ2) is 4.56. The molecule has 0 bridgehead atoms. The highest BCUT2D eigenvalue weighted by Gasteiger charge is 2.36. The monoisotopic (exact) mass is 244 g/mol. The van der Waals surface area contributed by atoms with Gasteiger partial charge in [-0.3, -0.25) is 0 Å². The van der Waals surface area contributed by atoms with Gasteiger partial charge < -0.3 is 0 Å². The van der Waals surface area contributed by atoms with Crippen LogP contribution in [0.3, 0.4) is 0 Å². The lowest BCUT2D eigenvalue weighted by molar-refractivity contribution is 0.447. The molecule has 0 aliphatic rings. The van der Waals surface area contributed by atoms with Crippen molar-refractivity contribution in [2.45, 2.75) is 13.8 Å². The summed E-state index contributed by atoms with van der Waals surface area (Å²) < 4.78 is 47.5. The van der Waals surface area contributed by atoms with Crippen LogP contribution in [0.25, 0.3) is 0 Å². The van der Waals surface area contributed by atoms with E-state index in [4.69, 9.17) is 0 Å². The fraction of sp³-hybridized carbons (Fsp3) is 1.00. The van der Waals surface area contributed by atoms with Crippen molar-refractivity contribution >= 4 is 18.1 Å². The van der Waals surface area contributed by atoms with Crippen molar-refractivity contribution in [1.29, 1.82) is 0 Å². The summed E-state index contributed by atoms with van der Waals surface area (Å²) in [5.74, 6) is 0. The van der Waals surface area contributed by atoms with E-state index in [1.807, 2.05) is 0 Å². The number of nitrogens with zero attached hydrogens (tertiary/aromatic N) is 2. The molecule has 0 saturated heterocycles. The van der Waals surface area contributed by atoms with Crippen LogP contribution in [0.15, 0.2) is 0 Å². The molecule has 14 heavy (non-hydrogen) atoms. The zero-order valence-corrected chi connectivity index (χ0v) is 10.4. The van der Waals surface area contributed by atoms with Crippen LogP contribution < -0.4 is 0 Å². The molecule has 0 saturated carbocycles. The molecule has 0 unspecified atom stereocenters. The van der Waals surface area contributed by atoms with Gasteiger partial charge >= 0.3 is 18.1 Å². The first-order chi connectivity index (χ1) is 6.21. The van der Waals surface area contributed by atoms with Crippen LogP contribution in [0.5, 0.6) is 0 Å². The lowest BCUT2D eigenvalue weighted by atomic mass is 10.7. The fourth-order valence-electron chi connectivity index (χ4n) is 0.861. The van der Waals surface area contributed by atoms with Gasteiger partial charge in [-0.2, -0.15) is 25.4 Å². The molecule has 86 valence electrons. The molecule has 0 atom stereocenters. The SMILES string of the molecule is CCN(CC)S(=O)(=O)S(=O)(=O)N(C)C. The zero-order valence-electron chi connectivity index (χ0n) is 8.76. The molecule has 0 spiro atoms. The van der Waals surface area contributed by atoms with Crippen molar-refractivity contribution in [2.24, 2.45) is 0 Å². The lowest BCUT2D eigenvalue weighted by Gasteiger charge is -2.20. The maximum absolute atomic E-state index is 11.6. The van der Waals surface area contributed by atoms with E-state index in [2.05, 4.69) is 0 Å². The second-order valence-corrected chi connectivity index (χ2v) is 8.27. The first kappa shape index (κ1) is 13.8. The quantitative estimate of drug-likeness (QED) is 0.609. The van der Waals surface area contributed by atoms with E-state index < -0.39 is 18.1 Å². The van der Waals surface area contributed by atoms with E-state index in [0.717, 1.165) is 4.31 Å². The highest BCUT2D eigenvalue weighted by molar-refractivity contribution is 8.65. The Labute approximate surface area is 85.0 Å². The number of rotatable bonds is 5. The van der Waals surface area contributed by atoms with Crippen molar-refractivity contribution in [3.63, 3.8) is 0 Å². The Kier molecular flexibility index (Phi) is 4.50. The number of hydrogen-bond donors (Lipinski definition) is 0. The summed E-state index contributed by atoms with van der Waals surface area (Å²) in [6, 6.07) is 0. The van der Waals surface area contributed by atoms with Crippen LogP contribution in [-0.4, -0.2) is 52.6 Å². The summed E-state index contributed by atoms with van der Waals surface area (Å²) in [4.78, 5) is 0. The van der Waals surface area contributed by atoms with Crippen molar-refractivity contribution in [1.82, 2.24) is 8.61 Å². The van der Waals surface area contributed by atoms with Gasteiger partial charge in [-0.15, -0.1) is 0 Å².